The monoisotopic (exact) mass is 496 g/mol. The van der Waals surface area contributed by atoms with Gasteiger partial charge in [-0.05, 0) is 67.6 Å². The van der Waals surface area contributed by atoms with Crippen LogP contribution >= 0.6 is 0 Å². The number of anilines is 2. The van der Waals surface area contributed by atoms with Gasteiger partial charge in [0.05, 0.1) is 36.4 Å². The molecular weight excluding hydrogens is 472 g/mol. The number of benzene rings is 3. The SMILES string of the molecule is CCOC(=O)c1ccc(NC(=O)[C@@H]2CN(S(=O)(=O)c3ccc(OC)cc3)c3ccccc3O2)cc1. The van der Waals surface area contributed by atoms with Crippen LogP contribution < -0.4 is 19.1 Å². The van der Waals surface area contributed by atoms with Crippen molar-refractivity contribution in [3.63, 3.8) is 0 Å². The minimum Gasteiger partial charge on any atom is -0.497 e. The summed E-state index contributed by atoms with van der Waals surface area (Å²) in [6, 6.07) is 18.8. The van der Waals surface area contributed by atoms with Crippen LogP contribution in [0.3, 0.4) is 0 Å². The predicted octanol–water partition coefficient (Wildman–Crippen LogP) is 3.47. The van der Waals surface area contributed by atoms with E-state index in [0.717, 1.165) is 0 Å². The van der Waals surface area contributed by atoms with Crippen LogP contribution in [0.5, 0.6) is 11.5 Å². The molecule has 35 heavy (non-hydrogen) atoms. The van der Waals surface area contributed by atoms with Crippen molar-refractivity contribution in [2.45, 2.75) is 17.9 Å². The Morgan fingerprint density at radius 2 is 1.71 bits per heavy atom. The van der Waals surface area contributed by atoms with E-state index in [2.05, 4.69) is 5.32 Å². The lowest BCUT2D eigenvalue weighted by Crippen LogP contribution is -2.48. The second-order valence-corrected chi connectivity index (χ2v) is 9.44. The van der Waals surface area contributed by atoms with Gasteiger partial charge in [0.25, 0.3) is 15.9 Å². The number of nitrogens with zero attached hydrogens (tertiary/aromatic N) is 1. The van der Waals surface area contributed by atoms with E-state index >= 15 is 0 Å². The van der Waals surface area contributed by atoms with E-state index in [1.54, 1.807) is 55.5 Å². The lowest BCUT2D eigenvalue weighted by Gasteiger charge is -2.34. The Hall–Kier alpha value is -4.05. The molecule has 10 heteroatoms. The minimum atomic E-state index is -3.99. The van der Waals surface area contributed by atoms with E-state index in [-0.39, 0.29) is 23.8 Å². The average Bonchev–Trinajstić information content (AvgIpc) is 2.88. The van der Waals surface area contributed by atoms with Crippen LogP contribution in [0.15, 0.2) is 77.7 Å². The zero-order valence-electron chi connectivity index (χ0n) is 19.1. The Morgan fingerprint density at radius 3 is 2.37 bits per heavy atom. The summed E-state index contributed by atoms with van der Waals surface area (Å²) in [4.78, 5) is 24.9. The minimum absolute atomic E-state index is 0.0590. The fourth-order valence-corrected chi connectivity index (χ4v) is 5.04. The number of hydrogen-bond acceptors (Lipinski definition) is 7. The molecule has 0 fully saturated rings. The number of carbonyl (C=O) groups excluding carboxylic acids is 2. The molecule has 1 N–H and O–H groups in total. The molecule has 0 saturated heterocycles. The first-order chi connectivity index (χ1) is 16.8. The Balaban J connectivity index is 1.57. The number of fused-ring (bicyclic) bond motifs is 1. The number of sulfonamides is 1. The van der Waals surface area contributed by atoms with Crippen molar-refractivity contribution in [3.8, 4) is 11.5 Å². The van der Waals surface area contributed by atoms with Gasteiger partial charge in [-0.15, -0.1) is 0 Å². The highest BCUT2D eigenvalue weighted by Crippen LogP contribution is 2.37. The van der Waals surface area contributed by atoms with Crippen molar-refractivity contribution in [1.82, 2.24) is 0 Å². The molecule has 0 aromatic heterocycles. The van der Waals surface area contributed by atoms with Crippen molar-refractivity contribution in [2.75, 3.05) is 29.9 Å². The molecule has 0 radical (unpaired) electrons. The van der Waals surface area contributed by atoms with Crippen molar-refractivity contribution >= 4 is 33.3 Å². The first-order valence-electron chi connectivity index (χ1n) is 10.8. The van der Waals surface area contributed by atoms with Gasteiger partial charge in [-0.3, -0.25) is 9.10 Å². The topological polar surface area (TPSA) is 111 Å². The van der Waals surface area contributed by atoms with Gasteiger partial charge < -0.3 is 19.5 Å². The summed E-state index contributed by atoms with van der Waals surface area (Å²) >= 11 is 0. The number of rotatable bonds is 7. The normalized spacial score (nSPS) is 14.9. The summed E-state index contributed by atoms with van der Waals surface area (Å²) in [5.41, 5.74) is 1.12. The maximum atomic E-state index is 13.5. The summed E-state index contributed by atoms with van der Waals surface area (Å²) in [6.07, 6.45) is -1.11. The Labute approximate surface area is 203 Å². The van der Waals surface area contributed by atoms with E-state index in [9.17, 15) is 18.0 Å². The van der Waals surface area contributed by atoms with Crippen LogP contribution in [-0.2, 0) is 19.6 Å². The number of hydrogen-bond donors (Lipinski definition) is 1. The Morgan fingerprint density at radius 1 is 1.03 bits per heavy atom. The Bertz CT molecular complexity index is 1320. The summed E-state index contributed by atoms with van der Waals surface area (Å²) in [5, 5.41) is 2.71. The second-order valence-electron chi connectivity index (χ2n) is 7.57. The van der Waals surface area contributed by atoms with Gasteiger partial charge in [0.2, 0.25) is 0 Å². The molecule has 182 valence electrons. The number of nitrogens with one attached hydrogen (secondary N) is 1. The van der Waals surface area contributed by atoms with Gasteiger partial charge in [-0.25, -0.2) is 13.2 Å². The van der Waals surface area contributed by atoms with Crippen molar-refractivity contribution in [1.29, 1.82) is 0 Å². The molecular formula is C25H24N2O7S. The third kappa shape index (κ3) is 5.07. The van der Waals surface area contributed by atoms with Crippen LogP contribution in [0.4, 0.5) is 11.4 Å². The zero-order chi connectivity index (χ0) is 25.0. The van der Waals surface area contributed by atoms with E-state index in [4.69, 9.17) is 14.2 Å². The van der Waals surface area contributed by atoms with E-state index in [0.29, 0.717) is 22.7 Å². The molecule has 3 aromatic carbocycles. The van der Waals surface area contributed by atoms with Gasteiger partial charge in [-0.1, -0.05) is 12.1 Å². The summed E-state index contributed by atoms with van der Waals surface area (Å²) in [7, 11) is -2.50. The zero-order valence-corrected chi connectivity index (χ0v) is 19.9. The molecule has 0 spiro atoms. The fraction of sp³-hybridized carbons (Fsp3) is 0.200. The maximum Gasteiger partial charge on any atom is 0.338 e. The van der Waals surface area contributed by atoms with Crippen LogP contribution in [0, 0.1) is 0 Å². The highest BCUT2D eigenvalue weighted by Gasteiger charge is 2.37. The first kappa shape index (κ1) is 24.1. The average molecular weight is 497 g/mol. The molecule has 1 aliphatic heterocycles. The van der Waals surface area contributed by atoms with Crippen LogP contribution in [0.25, 0.3) is 0 Å². The van der Waals surface area contributed by atoms with E-state index in [1.165, 1.54) is 35.7 Å². The smallest absolute Gasteiger partial charge is 0.338 e. The summed E-state index contributed by atoms with van der Waals surface area (Å²) < 4.78 is 44.1. The quantitative estimate of drug-likeness (QED) is 0.499. The molecule has 1 heterocycles. The van der Waals surface area contributed by atoms with Crippen LogP contribution in [-0.4, -0.2) is 46.7 Å². The lowest BCUT2D eigenvalue weighted by molar-refractivity contribution is -0.122. The Kier molecular flexibility index (Phi) is 6.92. The predicted molar refractivity (Wildman–Crippen MR) is 129 cm³/mol. The standard InChI is InChI=1S/C25H24N2O7S/c1-3-33-25(29)17-8-10-18(11-9-17)26-24(28)23-16-27(21-6-4-5-7-22(21)34-23)35(30,31)20-14-12-19(32-2)13-15-20/h4-15,23H,3,16H2,1-2H3,(H,26,28)/t23-/m0/s1. The molecule has 0 unspecified atom stereocenters. The molecule has 9 nitrogen and oxygen atoms in total. The van der Waals surface area contributed by atoms with E-state index in [1.807, 2.05) is 0 Å². The number of amides is 1. The molecule has 0 aliphatic carbocycles. The molecule has 0 saturated carbocycles. The highest BCUT2D eigenvalue weighted by molar-refractivity contribution is 7.92. The highest BCUT2D eigenvalue weighted by atomic mass is 32.2. The van der Waals surface area contributed by atoms with Crippen molar-refractivity contribution in [2.24, 2.45) is 0 Å². The van der Waals surface area contributed by atoms with Gasteiger partial charge in [0.15, 0.2) is 6.10 Å². The second kappa shape index (κ2) is 10.1. The molecule has 0 bridgehead atoms. The maximum absolute atomic E-state index is 13.5. The number of carbonyl (C=O) groups is 2. The number of methoxy groups -OCH3 is 1. The van der Waals surface area contributed by atoms with Gasteiger partial charge in [0, 0.05) is 5.69 Å². The number of para-hydroxylation sites is 2. The lowest BCUT2D eigenvalue weighted by atomic mass is 10.2. The third-order valence-corrected chi connectivity index (χ3v) is 7.13. The molecule has 3 aromatic rings. The molecule has 1 atom stereocenters. The van der Waals surface area contributed by atoms with Crippen molar-refractivity contribution < 1.29 is 32.2 Å². The number of esters is 1. The van der Waals surface area contributed by atoms with Crippen molar-refractivity contribution in [3.05, 3.63) is 78.4 Å². The van der Waals surface area contributed by atoms with Gasteiger partial charge in [0.1, 0.15) is 11.5 Å². The van der Waals surface area contributed by atoms with E-state index < -0.39 is 28.0 Å². The largest absolute Gasteiger partial charge is 0.497 e. The third-order valence-electron chi connectivity index (χ3n) is 5.34. The number of ether oxygens (including phenoxy) is 3. The molecule has 4 rings (SSSR count). The summed E-state index contributed by atoms with van der Waals surface area (Å²) in [6.45, 7) is 1.75. The molecule has 1 amide bonds. The fourth-order valence-electron chi connectivity index (χ4n) is 3.57. The first-order valence-corrected chi connectivity index (χ1v) is 12.3. The van der Waals surface area contributed by atoms with Gasteiger partial charge in [-0.2, -0.15) is 0 Å². The summed E-state index contributed by atoms with van der Waals surface area (Å²) in [5.74, 6) is -0.193. The van der Waals surface area contributed by atoms with Gasteiger partial charge >= 0.3 is 5.97 Å². The molecule has 1 aliphatic rings. The van der Waals surface area contributed by atoms with Crippen LogP contribution in [0.1, 0.15) is 17.3 Å². The van der Waals surface area contributed by atoms with Crippen LogP contribution in [0.2, 0.25) is 0 Å².